The highest BCUT2D eigenvalue weighted by Crippen LogP contribution is 2.25. The number of hydrogen-bond donors (Lipinski definition) is 2. The summed E-state index contributed by atoms with van der Waals surface area (Å²) in [6, 6.07) is 14.0. The molecule has 1 amide bonds. The van der Waals surface area contributed by atoms with Crippen LogP contribution < -0.4 is 10.5 Å². The lowest BCUT2D eigenvalue weighted by molar-refractivity contribution is -0.113. The fourth-order valence-corrected chi connectivity index (χ4v) is 3.41. The van der Waals surface area contributed by atoms with Gasteiger partial charge in [-0.25, -0.2) is 13.6 Å². The van der Waals surface area contributed by atoms with Crippen molar-refractivity contribution in [2.24, 2.45) is 5.14 Å². The first-order valence-corrected chi connectivity index (χ1v) is 10.2. The molecule has 0 aromatic heterocycles. The summed E-state index contributed by atoms with van der Waals surface area (Å²) in [6.45, 7) is 6.45. The van der Waals surface area contributed by atoms with Crippen LogP contribution in [0.5, 0.6) is 0 Å². The van der Waals surface area contributed by atoms with E-state index in [1.165, 1.54) is 35.5 Å². The van der Waals surface area contributed by atoms with E-state index in [1.807, 2.05) is 12.1 Å². The molecule has 0 heterocycles. The van der Waals surface area contributed by atoms with Gasteiger partial charge in [0.2, 0.25) is 15.9 Å². The summed E-state index contributed by atoms with van der Waals surface area (Å²) < 4.78 is 22.7. The van der Waals surface area contributed by atoms with Crippen LogP contribution in [0.2, 0.25) is 0 Å². The largest absolute Gasteiger partial charge is 0.325 e. The molecule has 0 spiro atoms. The summed E-state index contributed by atoms with van der Waals surface area (Å²) in [5.74, 6) is 0.0190. The first kappa shape index (κ1) is 19.5. The number of anilines is 1. The fraction of sp³-hybridized carbons (Fsp3) is 0.278. The molecule has 0 fully saturated rings. The Morgan fingerprint density at radius 2 is 1.76 bits per heavy atom. The van der Waals surface area contributed by atoms with E-state index < -0.39 is 10.0 Å². The maximum Gasteiger partial charge on any atom is 0.238 e. The molecule has 3 N–H and O–H groups in total. The second-order valence-corrected chi connectivity index (χ2v) is 9.29. The van der Waals surface area contributed by atoms with Crippen molar-refractivity contribution in [3.63, 3.8) is 0 Å². The number of carbonyl (C=O) groups excluding carboxylic acids is 1. The molecule has 134 valence electrons. The van der Waals surface area contributed by atoms with Crippen molar-refractivity contribution in [1.82, 2.24) is 0 Å². The quantitative estimate of drug-likeness (QED) is 0.781. The highest BCUT2D eigenvalue weighted by molar-refractivity contribution is 8.00. The van der Waals surface area contributed by atoms with Crippen molar-refractivity contribution in [2.75, 3.05) is 11.1 Å². The maximum absolute atomic E-state index is 12.1. The van der Waals surface area contributed by atoms with E-state index in [-0.39, 0.29) is 22.0 Å². The molecule has 2 aromatic rings. The number of hydrogen-bond acceptors (Lipinski definition) is 4. The Morgan fingerprint density at radius 1 is 1.12 bits per heavy atom. The SMILES string of the molecule is CC(C)(C)c1ccc(SCC(=O)Nc2cccc(S(N)(=O)=O)c2)cc1. The van der Waals surface area contributed by atoms with Crippen LogP contribution in [0.4, 0.5) is 5.69 Å². The predicted octanol–water partition coefficient (Wildman–Crippen LogP) is 3.36. The molecule has 25 heavy (non-hydrogen) atoms. The van der Waals surface area contributed by atoms with E-state index >= 15 is 0 Å². The Balaban J connectivity index is 1.95. The molecule has 7 heteroatoms. The van der Waals surface area contributed by atoms with Crippen molar-refractivity contribution in [3.05, 3.63) is 54.1 Å². The summed E-state index contributed by atoms with van der Waals surface area (Å²) in [5, 5.41) is 7.77. The fourth-order valence-electron chi connectivity index (χ4n) is 2.15. The number of carbonyl (C=O) groups is 1. The standard InChI is InChI=1S/C18H22N2O3S2/c1-18(2,3)13-7-9-15(10-8-13)24-12-17(21)20-14-5-4-6-16(11-14)25(19,22)23/h4-11H,12H2,1-3H3,(H,20,21)(H2,19,22,23). The van der Waals surface area contributed by atoms with Crippen LogP contribution in [0.15, 0.2) is 58.3 Å². The Hall–Kier alpha value is -1.83. The topological polar surface area (TPSA) is 89.3 Å². The molecule has 2 rings (SSSR count). The molecule has 0 aliphatic carbocycles. The second-order valence-electron chi connectivity index (χ2n) is 6.68. The van der Waals surface area contributed by atoms with Gasteiger partial charge in [0.15, 0.2) is 0 Å². The molecule has 0 atom stereocenters. The van der Waals surface area contributed by atoms with Gasteiger partial charge in [0, 0.05) is 10.6 Å². The van der Waals surface area contributed by atoms with E-state index in [0.717, 1.165) is 4.90 Å². The van der Waals surface area contributed by atoms with Crippen LogP contribution in [0.3, 0.4) is 0 Å². The summed E-state index contributed by atoms with van der Waals surface area (Å²) in [5.41, 5.74) is 1.73. The van der Waals surface area contributed by atoms with Crippen molar-refractivity contribution < 1.29 is 13.2 Å². The third kappa shape index (κ3) is 5.88. The molecule has 0 unspecified atom stereocenters. The lowest BCUT2D eigenvalue weighted by Crippen LogP contribution is -2.16. The van der Waals surface area contributed by atoms with Crippen LogP contribution in [-0.4, -0.2) is 20.1 Å². The number of thioether (sulfide) groups is 1. The minimum absolute atomic E-state index is 0.0317. The Kier molecular flexibility index (Phi) is 5.92. The van der Waals surface area contributed by atoms with Crippen molar-refractivity contribution in [3.8, 4) is 0 Å². The number of rotatable bonds is 5. The Bertz CT molecular complexity index is 855. The zero-order valence-corrected chi connectivity index (χ0v) is 16.1. The van der Waals surface area contributed by atoms with E-state index in [0.29, 0.717) is 5.69 Å². The average molecular weight is 379 g/mol. The molecule has 0 saturated heterocycles. The molecule has 0 aliphatic heterocycles. The molecule has 2 aromatic carbocycles. The summed E-state index contributed by atoms with van der Waals surface area (Å²) in [6.07, 6.45) is 0. The number of sulfonamides is 1. The van der Waals surface area contributed by atoms with Gasteiger partial charge >= 0.3 is 0 Å². The maximum atomic E-state index is 12.1. The molecule has 0 bridgehead atoms. The van der Waals surface area contributed by atoms with Gasteiger partial charge in [0.05, 0.1) is 10.6 Å². The van der Waals surface area contributed by atoms with Crippen LogP contribution in [-0.2, 0) is 20.2 Å². The first-order valence-electron chi connectivity index (χ1n) is 7.72. The van der Waals surface area contributed by atoms with E-state index in [9.17, 15) is 13.2 Å². The number of amides is 1. The zero-order chi connectivity index (χ0) is 18.7. The minimum Gasteiger partial charge on any atom is -0.325 e. The van der Waals surface area contributed by atoms with Crippen LogP contribution in [0, 0.1) is 0 Å². The predicted molar refractivity (Wildman–Crippen MR) is 102 cm³/mol. The molecule has 5 nitrogen and oxygen atoms in total. The summed E-state index contributed by atoms with van der Waals surface area (Å²) >= 11 is 1.42. The lowest BCUT2D eigenvalue weighted by Gasteiger charge is -2.19. The summed E-state index contributed by atoms with van der Waals surface area (Å²) in [4.78, 5) is 13.0. The Morgan fingerprint density at radius 3 is 2.32 bits per heavy atom. The highest BCUT2D eigenvalue weighted by Gasteiger charge is 2.13. The minimum atomic E-state index is -3.79. The van der Waals surface area contributed by atoms with Crippen LogP contribution in [0.25, 0.3) is 0 Å². The lowest BCUT2D eigenvalue weighted by atomic mass is 9.87. The average Bonchev–Trinajstić information content (AvgIpc) is 2.52. The van der Waals surface area contributed by atoms with Gasteiger partial charge in [-0.3, -0.25) is 4.79 Å². The van der Waals surface area contributed by atoms with Gasteiger partial charge < -0.3 is 5.32 Å². The van der Waals surface area contributed by atoms with Crippen molar-refractivity contribution in [2.45, 2.75) is 36.0 Å². The van der Waals surface area contributed by atoms with Gasteiger partial charge in [-0.1, -0.05) is 39.0 Å². The first-order chi connectivity index (χ1) is 11.6. The molecular weight excluding hydrogens is 356 g/mol. The van der Waals surface area contributed by atoms with E-state index in [4.69, 9.17) is 5.14 Å². The molecule has 0 saturated carbocycles. The molecule has 0 radical (unpaired) electrons. The highest BCUT2D eigenvalue weighted by atomic mass is 32.2. The van der Waals surface area contributed by atoms with E-state index in [1.54, 1.807) is 6.07 Å². The van der Waals surface area contributed by atoms with Crippen molar-refractivity contribution in [1.29, 1.82) is 0 Å². The monoisotopic (exact) mass is 378 g/mol. The van der Waals surface area contributed by atoms with Crippen molar-refractivity contribution >= 4 is 33.4 Å². The van der Waals surface area contributed by atoms with Gasteiger partial charge in [0.1, 0.15) is 0 Å². The van der Waals surface area contributed by atoms with E-state index in [2.05, 4.69) is 38.2 Å². The molecule has 0 aliphatic rings. The normalized spacial score (nSPS) is 12.0. The number of primary sulfonamides is 1. The number of nitrogens with one attached hydrogen (secondary N) is 1. The number of benzene rings is 2. The second kappa shape index (κ2) is 7.59. The Labute approximate surface area is 153 Å². The van der Waals surface area contributed by atoms with Gasteiger partial charge in [-0.2, -0.15) is 0 Å². The van der Waals surface area contributed by atoms with Gasteiger partial charge in [-0.15, -0.1) is 11.8 Å². The van der Waals surface area contributed by atoms with Crippen LogP contribution >= 0.6 is 11.8 Å². The van der Waals surface area contributed by atoms with Gasteiger partial charge in [0.25, 0.3) is 0 Å². The van der Waals surface area contributed by atoms with Crippen LogP contribution in [0.1, 0.15) is 26.3 Å². The third-order valence-corrected chi connectivity index (χ3v) is 5.46. The van der Waals surface area contributed by atoms with Gasteiger partial charge in [-0.05, 0) is 41.3 Å². The molecular formula is C18H22N2O3S2. The smallest absolute Gasteiger partial charge is 0.238 e. The summed E-state index contributed by atoms with van der Waals surface area (Å²) in [7, 11) is -3.79. The zero-order valence-electron chi connectivity index (χ0n) is 14.4. The number of nitrogens with two attached hydrogens (primary N) is 1. The third-order valence-electron chi connectivity index (χ3n) is 3.54.